The number of halogens is 1. The number of ether oxygens (including phenoxy) is 2. The van der Waals surface area contributed by atoms with Crippen LogP contribution < -0.4 is 14.9 Å². The quantitative estimate of drug-likeness (QED) is 0.760. The lowest BCUT2D eigenvalue weighted by atomic mass is 10.2. The SMILES string of the molecule is CC(=O)[NH+]([O-])C[C@@H]1CN(c2ccc(N3C[C@@H]4C[C@H]3CO4)c(F)c2)C(=O)O1. The molecule has 8 nitrogen and oxygen atoms in total. The number of rotatable bonds is 4. The van der Waals surface area contributed by atoms with Crippen molar-refractivity contribution < 1.29 is 28.5 Å². The third kappa shape index (κ3) is 3.02. The average molecular weight is 365 g/mol. The summed E-state index contributed by atoms with van der Waals surface area (Å²) >= 11 is 0. The van der Waals surface area contributed by atoms with Crippen LogP contribution >= 0.6 is 0 Å². The fourth-order valence-corrected chi connectivity index (χ4v) is 3.78. The molecule has 0 aliphatic carbocycles. The van der Waals surface area contributed by atoms with Gasteiger partial charge in [-0.3, -0.25) is 4.90 Å². The summed E-state index contributed by atoms with van der Waals surface area (Å²) < 4.78 is 25.3. The lowest BCUT2D eigenvalue weighted by Gasteiger charge is -2.29. The Morgan fingerprint density at radius 3 is 2.85 bits per heavy atom. The number of hydroxylamine groups is 2. The summed E-state index contributed by atoms with van der Waals surface area (Å²) in [6, 6.07) is 4.83. The number of carbonyl (C=O) groups excluding carboxylic acids is 2. The third-order valence-electron chi connectivity index (χ3n) is 5.13. The maximum absolute atomic E-state index is 14.7. The number of fused-ring (bicyclic) bond motifs is 2. The molecule has 3 heterocycles. The minimum atomic E-state index is -0.701. The molecule has 3 aliphatic rings. The number of hydrogen-bond acceptors (Lipinski definition) is 6. The third-order valence-corrected chi connectivity index (χ3v) is 5.13. The van der Waals surface area contributed by atoms with E-state index in [0.717, 1.165) is 6.42 Å². The number of quaternary nitrogens is 1. The summed E-state index contributed by atoms with van der Waals surface area (Å²) in [4.78, 5) is 26.4. The van der Waals surface area contributed by atoms with E-state index in [0.29, 0.717) is 24.5 Å². The summed E-state index contributed by atoms with van der Waals surface area (Å²) in [7, 11) is 0. The van der Waals surface area contributed by atoms with Crippen molar-refractivity contribution in [1.82, 2.24) is 0 Å². The van der Waals surface area contributed by atoms with Crippen LogP contribution in [0.15, 0.2) is 18.2 Å². The highest BCUT2D eigenvalue weighted by molar-refractivity contribution is 5.90. The number of nitrogens with one attached hydrogen (secondary N) is 1. The Labute approximate surface area is 149 Å². The number of benzene rings is 1. The lowest BCUT2D eigenvalue weighted by molar-refractivity contribution is -0.768. The summed E-state index contributed by atoms with van der Waals surface area (Å²) in [5.74, 6) is -0.982. The Hall–Kier alpha value is -2.23. The molecule has 3 saturated heterocycles. The predicted octanol–water partition coefficient (Wildman–Crippen LogP) is 0.0576. The molecule has 0 spiro atoms. The molecular weight excluding hydrogens is 345 g/mol. The Balaban J connectivity index is 1.47. The second kappa shape index (κ2) is 6.49. The number of cyclic esters (lactones) is 1. The van der Waals surface area contributed by atoms with Crippen molar-refractivity contribution in [3.05, 3.63) is 29.2 Å². The van der Waals surface area contributed by atoms with E-state index in [2.05, 4.69) is 0 Å². The van der Waals surface area contributed by atoms with E-state index >= 15 is 0 Å². The standard InChI is InChI=1S/C17H20FN3O5/c1-10(22)21(24)8-14-7-20(17(23)26-14)11-2-3-16(15(18)5-11)19-6-13-4-12(19)9-25-13/h2-3,5,12-14,21H,4,6-9H2,1H3/t12-,13-,14-/m0/s1. The minimum Gasteiger partial charge on any atom is -0.627 e. The average Bonchev–Trinajstić information content (AvgIpc) is 3.30. The highest BCUT2D eigenvalue weighted by atomic mass is 19.1. The van der Waals surface area contributed by atoms with Gasteiger partial charge in [0.2, 0.25) is 0 Å². The molecule has 140 valence electrons. The Bertz CT molecular complexity index is 745. The number of carbonyl (C=O) groups is 2. The Morgan fingerprint density at radius 2 is 2.23 bits per heavy atom. The zero-order chi connectivity index (χ0) is 18.4. The van der Waals surface area contributed by atoms with E-state index in [4.69, 9.17) is 9.47 Å². The van der Waals surface area contributed by atoms with E-state index in [1.165, 1.54) is 17.9 Å². The van der Waals surface area contributed by atoms with E-state index < -0.39 is 29.0 Å². The normalized spacial score (nSPS) is 28.6. The van der Waals surface area contributed by atoms with Crippen LogP contribution in [0, 0.1) is 11.0 Å². The number of anilines is 2. The van der Waals surface area contributed by atoms with Crippen LogP contribution in [0.4, 0.5) is 20.6 Å². The largest absolute Gasteiger partial charge is 0.627 e. The van der Waals surface area contributed by atoms with E-state index in [1.54, 1.807) is 12.1 Å². The second-order valence-electron chi connectivity index (χ2n) is 6.93. The van der Waals surface area contributed by atoms with Crippen molar-refractivity contribution >= 4 is 23.4 Å². The van der Waals surface area contributed by atoms with Crippen molar-refractivity contribution in [2.24, 2.45) is 0 Å². The Kier molecular flexibility index (Phi) is 4.29. The summed E-state index contributed by atoms with van der Waals surface area (Å²) in [5, 5.41) is 10.9. The van der Waals surface area contributed by atoms with Crippen LogP contribution in [-0.4, -0.2) is 56.5 Å². The zero-order valence-corrected chi connectivity index (χ0v) is 14.3. The van der Waals surface area contributed by atoms with E-state index in [-0.39, 0.29) is 25.2 Å². The molecule has 1 N–H and O–H groups in total. The molecule has 4 rings (SSSR count). The van der Waals surface area contributed by atoms with Crippen molar-refractivity contribution in [3.63, 3.8) is 0 Å². The molecule has 2 amide bonds. The van der Waals surface area contributed by atoms with Crippen molar-refractivity contribution in [2.45, 2.75) is 31.6 Å². The number of nitrogens with zero attached hydrogens (tertiary/aromatic N) is 2. The monoisotopic (exact) mass is 365 g/mol. The molecule has 3 fully saturated rings. The van der Waals surface area contributed by atoms with Gasteiger partial charge in [-0.15, -0.1) is 0 Å². The summed E-state index contributed by atoms with van der Waals surface area (Å²) in [5.41, 5.74) is 0.870. The highest BCUT2D eigenvalue weighted by Gasteiger charge is 2.40. The van der Waals surface area contributed by atoms with Gasteiger partial charge in [0, 0.05) is 6.54 Å². The maximum Gasteiger partial charge on any atom is 0.414 e. The predicted molar refractivity (Wildman–Crippen MR) is 89.4 cm³/mol. The van der Waals surface area contributed by atoms with Gasteiger partial charge < -0.3 is 24.6 Å². The van der Waals surface area contributed by atoms with Crippen LogP contribution in [0.2, 0.25) is 0 Å². The molecule has 3 aliphatic heterocycles. The first-order valence-electron chi connectivity index (χ1n) is 8.62. The van der Waals surface area contributed by atoms with E-state index in [1.807, 2.05) is 4.90 Å². The number of morpholine rings is 1. The lowest BCUT2D eigenvalue weighted by Crippen LogP contribution is -3.10. The van der Waals surface area contributed by atoms with Gasteiger partial charge in [0.05, 0.1) is 43.6 Å². The molecule has 1 aromatic carbocycles. The van der Waals surface area contributed by atoms with E-state index in [9.17, 15) is 19.2 Å². The number of amides is 2. The molecule has 2 bridgehead atoms. The van der Waals surface area contributed by atoms with Gasteiger partial charge in [-0.1, -0.05) is 0 Å². The van der Waals surface area contributed by atoms with Gasteiger partial charge in [0.1, 0.15) is 12.4 Å². The molecule has 0 aromatic heterocycles. The molecule has 9 heteroatoms. The molecular formula is C17H20FN3O5. The van der Waals surface area contributed by atoms with Gasteiger partial charge in [-0.05, 0) is 24.6 Å². The van der Waals surface area contributed by atoms with Gasteiger partial charge >= 0.3 is 12.0 Å². The van der Waals surface area contributed by atoms with Crippen LogP contribution in [0.3, 0.4) is 0 Å². The topological polar surface area (TPSA) is 86.6 Å². The molecule has 26 heavy (non-hydrogen) atoms. The molecule has 1 aromatic rings. The van der Waals surface area contributed by atoms with Crippen LogP contribution in [0.25, 0.3) is 0 Å². The molecule has 4 atom stereocenters. The first-order chi connectivity index (χ1) is 12.4. The highest BCUT2D eigenvalue weighted by Crippen LogP contribution is 2.35. The maximum atomic E-state index is 14.7. The fraction of sp³-hybridized carbons (Fsp3) is 0.529. The van der Waals surface area contributed by atoms with Crippen molar-refractivity contribution in [3.8, 4) is 0 Å². The van der Waals surface area contributed by atoms with Crippen LogP contribution in [0.1, 0.15) is 13.3 Å². The smallest absolute Gasteiger partial charge is 0.414 e. The molecule has 0 radical (unpaired) electrons. The summed E-state index contributed by atoms with van der Waals surface area (Å²) in [6.45, 7) is 2.41. The molecule has 1 unspecified atom stereocenters. The van der Waals surface area contributed by atoms with Gasteiger partial charge in [0.15, 0.2) is 6.10 Å². The Morgan fingerprint density at radius 1 is 1.42 bits per heavy atom. The zero-order valence-electron chi connectivity index (χ0n) is 14.3. The summed E-state index contributed by atoms with van der Waals surface area (Å²) in [6.07, 6.45) is -0.279. The fourth-order valence-electron chi connectivity index (χ4n) is 3.78. The van der Waals surface area contributed by atoms with Crippen molar-refractivity contribution in [2.75, 3.05) is 36.0 Å². The van der Waals surface area contributed by atoms with Gasteiger partial charge in [0.25, 0.3) is 0 Å². The minimum absolute atomic E-state index is 0.110. The van der Waals surface area contributed by atoms with Gasteiger partial charge in [-0.2, -0.15) is 0 Å². The first-order valence-corrected chi connectivity index (χ1v) is 8.62. The second-order valence-corrected chi connectivity index (χ2v) is 6.93. The van der Waals surface area contributed by atoms with Crippen LogP contribution in [0.5, 0.6) is 0 Å². The van der Waals surface area contributed by atoms with Crippen molar-refractivity contribution in [1.29, 1.82) is 0 Å². The van der Waals surface area contributed by atoms with Gasteiger partial charge in [-0.25, -0.2) is 14.0 Å². The number of hydrogen-bond donors (Lipinski definition) is 1. The van der Waals surface area contributed by atoms with Crippen LogP contribution in [-0.2, 0) is 14.3 Å². The first kappa shape index (κ1) is 17.2. The molecule has 0 saturated carbocycles.